The number of rotatable bonds is 7. The maximum atomic E-state index is 12.3. The molecule has 0 saturated heterocycles. The quantitative estimate of drug-likeness (QED) is 0.512. The summed E-state index contributed by atoms with van der Waals surface area (Å²) < 4.78 is 30.3. The fourth-order valence-electron chi connectivity index (χ4n) is 2.49. The number of benzene rings is 2. The van der Waals surface area contributed by atoms with Crippen molar-refractivity contribution in [1.29, 1.82) is 0 Å². The van der Waals surface area contributed by atoms with Crippen LogP contribution >= 0.6 is 0 Å². The lowest BCUT2D eigenvalue weighted by atomic mass is 9.87. The third-order valence-electron chi connectivity index (χ3n) is 4.16. The van der Waals surface area contributed by atoms with Crippen molar-refractivity contribution in [3.05, 3.63) is 78.4 Å². The molecular formula is C22H26O4S. The van der Waals surface area contributed by atoms with E-state index in [9.17, 15) is 13.2 Å². The van der Waals surface area contributed by atoms with Gasteiger partial charge >= 0.3 is 5.97 Å². The normalized spacial score (nSPS) is 13.4. The van der Waals surface area contributed by atoms with Gasteiger partial charge in [-0.3, -0.25) is 0 Å². The summed E-state index contributed by atoms with van der Waals surface area (Å²) in [6.07, 6.45) is 3.49. The Balaban J connectivity index is 2.00. The second kappa shape index (κ2) is 9.00. The lowest BCUT2D eigenvalue weighted by molar-refractivity contribution is -0.00139. The van der Waals surface area contributed by atoms with Crippen molar-refractivity contribution in [2.24, 2.45) is 5.41 Å². The number of carbonyl (C=O) groups is 1. The molecule has 2 aromatic rings. The van der Waals surface area contributed by atoms with Gasteiger partial charge in [-0.1, -0.05) is 69.3 Å². The molecule has 144 valence electrons. The Morgan fingerprint density at radius 2 is 1.52 bits per heavy atom. The first-order valence-corrected chi connectivity index (χ1v) is 10.5. The van der Waals surface area contributed by atoms with Crippen LogP contribution in [0.3, 0.4) is 0 Å². The van der Waals surface area contributed by atoms with E-state index in [1.807, 2.05) is 26.8 Å². The second-order valence-corrected chi connectivity index (χ2v) is 9.46. The maximum absolute atomic E-state index is 12.3. The van der Waals surface area contributed by atoms with Gasteiger partial charge in [0.2, 0.25) is 0 Å². The molecule has 0 radical (unpaired) electrons. The highest BCUT2D eigenvalue weighted by Gasteiger charge is 2.27. The molecule has 0 N–H and O–H groups in total. The molecule has 2 aromatic carbocycles. The van der Waals surface area contributed by atoms with Gasteiger partial charge in [-0.05, 0) is 29.7 Å². The van der Waals surface area contributed by atoms with Crippen molar-refractivity contribution < 1.29 is 17.9 Å². The molecule has 1 unspecified atom stereocenters. The fraction of sp³-hybridized carbons (Fsp3) is 0.318. The van der Waals surface area contributed by atoms with E-state index in [0.717, 1.165) is 0 Å². The zero-order chi connectivity index (χ0) is 19.9. The number of sulfone groups is 1. The molecule has 0 heterocycles. The van der Waals surface area contributed by atoms with Crippen LogP contribution < -0.4 is 0 Å². The average Bonchev–Trinajstić information content (AvgIpc) is 2.64. The van der Waals surface area contributed by atoms with Crippen LogP contribution in [0.5, 0.6) is 0 Å². The van der Waals surface area contributed by atoms with E-state index < -0.39 is 9.84 Å². The Morgan fingerprint density at radius 3 is 2.07 bits per heavy atom. The van der Waals surface area contributed by atoms with E-state index in [1.54, 1.807) is 66.7 Å². The molecule has 4 nitrogen and oxygen atoms in total. The monoisotopic (exact) mass is 386 g/mol. The van der Waals surface area contributed by atoms with Crippen LogP contribution in [0.4, 0.5) is 0 Å². The van der Waals surface area contributed by atoms with E-state index in [2.05, 4.69) is 0 Å². The third-order valence-corrected chi connectivity index (χ3v) is 5.78. The Labute approximate surface area is 161 Å². The first kappa shape index (κ1) is 20.9. The van der Waals surface area contributed by atoms with Crippen LogP contribution in [0, 0.1) is 5.41 Å². The summed E-state index contributed by atoms with van der Waals surface area (Å²) in [5.74, 6) is -0.457. The highest BCUT2D eigenvalue weighted by Crippen LogP contribution is 2.26. The number of hydrogen-bond donors (Lipinski definition) is 0. The second-order valence-electron chi connectivity index (χ2n) is 7.43. The summed E-state index contributed by atoms with van der Waals surface area (Å²) in [4.78, 5) is 12.6. The first-order valence-electron chi connectivity index (χ1n) is 8.89. The van der Waals surface area contributed by atoms with Gasteiger partial charge in [0.25, 0.3) is 0 Å². The molecule has 27 heavy (non-hydrogen) atoms. The highest BCUT2D eigenvalue weighted by molar-refractivity contribution is 7.91. The Morgan fingerprint density at radius 1 is 0.963 bits per heavy atom. The molecule has 0 aromatic heterocycles. The summed E-state index contributed by atoms with van der Waals surface area (Å²) in [6, 6.07) is 17.2. The summed E-state index contributed by atoms with van der Waals surface area (Å²) in [5.41, 5.74) is 0.231. The van der Waals surface area contributed by atoms with E-state index in [1.165, 1.54) is 0 Å². The van der Waals surface area contributed by atoms with Gasteiger partial charge in [0, 0.05) is 6.42 Å². The highest BCUT2D eigenvalue weighted by atomic mass is 32.2. The van der Waals surface area contributed by atoms with Gasteiger partial charge in [0.05, 0.1) is 16.2 Å². The van der Waals surface area contributed by atoms with Crippen molar-refractivity contribution in [2.75, 3.05) is 5.75 Å². The molecule has 0 fully saturated rings. The predicted molar refractivity (Wildman–Crippen MR) is 107 cm³/mol. The lowest BCUT2D eigenvalue weighted by Crippen LogP contribution is -2.31. The molecule has 1 atom stereocenters. The first-order chi connectivity index (χ1) is 12.7. The zero-order valence-corrected chi connectivity index (χ0v) is 16.8. The van der Waals surface area contributed by atoms with E-state index in [-0.39, 0.29) is 23.2 Å². The largest absolute Gasteiger partial charge is 0.458 e. The summed E-state index contributed by atoms with van der Waals surface area (Å²) >= 11 is 0. The van der Waals surface area contributed by atoms with Gasteiger partial charge in [-0.25, -0.2) is 13.2 Å². The summed E-state index contributed by atoms with van der Waals surface area (Å²) in [6.45, 7) is 5.97. The molecule has 0 aliphatic heterocycles. The standard InChI is InChI=1S/C22H26O4S/c1-22(2,3)20(26-21(23)18-12-6-4-7-13-18)16-10-11-17-27(24,25)19-14-8-5-9-15-19/h4-15,20H,16-17H2,1-3H3/b11-10+. The molecule has 2 rings (SSSR count). The summed E-state index contributed by atoms with van der Waals surface area (Å²) in [5, 5.41) is 0. The Hall–Kier alpha value is -2.40. The van der Waals surface area contributed by atoms with Crippen LogP contribution in [-0.2, 0) is 14.6 Å². The Bertz CT molecular complexity index is 864. The maximum Gasteiger partial charge on any atom is 0.338 e. The average molecular weight is 387 g/mol. The van der Waals surface area contributed by atoms with Gasteiger partial charge in [-0.15, -0.1) is 0 Å². The van der Waals surface area contributed by atoms with E-state index in [0.29, 0.717) is 16.9 Å². The van der Waals surface area contributed by atoms with Gasteiger partial charge in [0.15, 0.2) is 9.84 Å². The van der Waals surface area contributed by atoms with Crippen LogP contribution in [0.15, 0.2) is 77.7 Å². The van der Waals surface area contributed by atoms with Gasteiger partial charge in [0.1, 0.15) is 6.10 Å². The lowest BCUT2D eigenvalue weighted by Gasteiger charge is -2.29. The minimum atomic E-state index is -3.35. The minimum Gasteiger partial charge on any atom is -0.458 e. The Kier molecular flexibility index (Phi) is 6.97. The van der Waals surface area contributed by atoms with Crippen LogP contribution in [0.25, 0.3) is 0 Å². The van der Waals surface area contributed by atoms with E-state index >= 15 is 0 Å². The van der Waals surface area contributed by atoms with Crippen LogP contribution in [0.2, 0.25) is 0 Å². The fourth-order valence-corrected chi connectivity index (χ4v) is 3.64. The molecule has 0 spiro atoms. The van der Waals surface area contributed by atoms with E-state index in [4.69, 9.17) is 4.74 Å². The minimum absolute atomic E-state index is 0.0828. The SMILES string of the molecule is CC(C)(C)C(C/C=C/CS(=O)(=O)c1ccccc1)OC(=O)c1ccccc1. The van der Waals surface area contributed by atoms with Crippen molar-refractivity contribution in [3.63, 3.8) is 0 Å². The van der Waals surface area contributed by atoms with Gasteiger partial charge < -0.3 is 4.74 Å². The number of ether oxygens (including phenoxy) is 1. The summed E-state index contributed by atoms with van der Waals surface area (Å²) in [7, 11) is -3.35. The van der Waals surface area contributed by atoms with Crippen molar-refractivity contribution in [1.82, 2.24) is 0 Å². The van der Waals surface area contributed by atoms with Crippen molar-refractivity contribution in [3.8, 4) is 0 Å². The van der Waals surface area contributed by atoms with Gasteiger partial charge in [-0.2, -0.15) is 0 Å². The smallest absolute Gasteiger partial charge is 0.338 e. The molecular weight excluding hydrogens is 360 g/mol. The van der Waals surface area contributed by atoms with Crippen molar-refractivity contribution >= 4 is 15.8 Å². The molecule has 0 aliphatic rings. The molecule has 0 amide bonds. The third kappa shape index (κ3) is 6.36. The van der Waals surface area contributed by atoms with Crippen molar-refractivity contribution in [2.45, 2.75) is 38.2 Å². The predicted octanol–water partition coefficient (Wildman–Crippen LogP) is 4.68. The van der Waals surface area contributed by atoms with Crippen LogP contribution in [0.1, 0.15) is 37.6 Å². The molecule has 5 heteroatoms. The molecule has 0 bridgehead atoms. The number of hydrogen-bond acceptors (Lipinski definition) is 4. The topological polar surface area (TPSA) is 60.4 Å². The number of esters is 1. The zero-order valence-electron chi connectivity index (χ0n) is 16.0. The molecule has 0 saturated carbocycles. The number of carbonyl (C=O) groups excluding carboxylic acids is 1. The molecule has 0 aliphatic carbocycles. The van der Waals surface area contributed by atoms with Crippen LogP contribution in [-0.4, -0.2) is 26.2 Å².